The van der Waals surface area contributed by atoms with Gasteiger partial charge in [-0.05, 0) is 74.2 Å². The molecular weight excluding hydrogens is 576 g/mol. The topological polar surface area (TPSA) is 105 Å². The van der Waals surface area contributed by atoms with Crippen LogP contribution in [0, 0.1) is 0 Å². The van der Waals surface area contributed by atoms with Crippen molar-refractivity contribution in [1.29, 1.82) is 0 Å². The monoisotopic (exact) mass is 612 g/mol. The van der Waals surface area contributed by atoms with Crippen LogP contribution in [0.1, 0.15) is 52.0 Å². The first-order valence-electron chi connectivity index (χ1n) is 15.9. The smallest absolute Gasteiger partial charge is 0.277 e. The summed E-state index contributed by atoms with van der Waals surface area (Å²) in [5.74, 6) is -0.771. The minimum absolute atomic E-state index is 0.0887. The predicted molar refractivity (Wildman–Crippen MR) is 181 cm³/mol. The zero-order valence-electron chi connectivity index (χ0n) is 25.5. The van der Waals surface area contributed by atoms with E-state index in [1.54, 1.807) is 36.4 Å². The van der Waals surface area contributed by atoms with Crippen molar-refractivity contribution in [2.45, 2.75) is 31.8 Å². The Morgan fingerprint density at radius 3 is 2.04 bits per heavy atom. The van der Waals surface area contributed by atoms with Gasteiger partial charge in [0.05, 0.1) is 11.4 Å². The summed E-state index contributed by atoms with van der Waals surface area (Å²) in [6.07, 6.45) is 8.88. The quantitative estimate of drug-likeness (QED) is 0.301. The van der Waals surface area contributed by atoms with Gasteiger partial charge in [-0.3, -0.25) is 9.59 Å². The molecule has 2 heterocycles. The highest BCUT2D eigenvalue weighted by atomic mass is 16.3. The van der Waals surface area contributed by atoms with Crippen LogP contribution in [-0.4, -0.2) is 64.9 Å². The molecule has 2 saturated heterocycles. The van der Waals surface area contributed by atoms with E-state index in [-0.39, 0.29) is 11.7 Å². The number of rotatable bonds is 6. The number of anilines is 2. The Morgan fingerprint density at radius 2 is 1.39 bits per heavy atom. The number of hydrogen-bond donors (Lipinski definition) is 3. The van der Waals surface area contributed by atoms with Gasteiger partial charge in [0.15, 0.2) is 0 Å². The summed E-state index contributed by atoms with van der Waals surface area (Å²) in [4.78, 5) is 35.5. The van der Waals surface area contributed by atoms with Crippen LogP contribution >= 0.6 is 0 Å². The molecule has 46 heavy (non-hydrogen) atoms. The summed E-state index contributed by atoms with van der Waals surface area (Å²) < 4.78 is 0. The lowest BCUT2D eigenvalue weighted by molar-refractivity contribution is 0.1000. The Bertz CT molecular complexity index is 1830. The molecule has 8 nitrogen and oxygen atoms in total. The number of aliphatic hydroxyl groups excluding tert-OH is 2. The molecule has 3 aromatic rings. The molecule has 3 aromatic carbocycles. The number of nitrogens with zero attached hydrogens (tertiary/aromatic N) is 3. The number of benzene rings is 3. The van der Waals surface area contributed by atoms with Crippen molar-refractivity contribution in [2.75, 3.05) is 36.4 Å². The molecule has 2 fully saturated rings. The Hall–Kier alpha value is -5.21. The molecule has 2 aliphatic heterocycles. The van der Waals surface area contributed by atoms with Crippen molar-refractivity contribution in [3.63, 3.8) is 0 Å². The van der Waals surface area contributed by atoms with Gasteiger partial charge in [0.2, 0.25) is 0 Å². The highest BCUT2D eigenvalue weighted by Gasteiger charge is 2.39. The van der Waals surface area contributed by atoms with Gasteiger partial charge >= 0.3 is 0 Å². The van der Waals surface area contributed by atoms with Gasteiger partial charge in [0.1, 0.15) is 11.9 Å². The van der Waals surface area contributed by atoms with Gasteiger partial charge in [0.25, 0.3) is 11.8 Å². The van der Waals surface area contributed by atoms with Gasteiger partial charge in [0, 0.05) is 71.0 Å². The summed E-state index contributed by atoms with van der Waals surface area (Å²) in [5, 5.41) is 26.3. The highest BCUT2D eigenvalue weighted by molar-refractivity contribution is 6.19. The van der Waals surface area contributed by atoms with E-state index >= 15 is 0 Å². The van der Waals surface area contributed by atoms with E-state index < -0.39 is 12.0 Å². The van der Waals surface area contributed by atoms with Crippen molar-refractivity contribution in [3.05, 3.63) is 136 Å². The average molecular weight is 613 g/mol. The first-order chi connectivity index (χ1) is 22.5. The maximum atomic E-state index is 13.3. The van der Waals surface area contributed by atoms with Crippen molar-refractivity contribution in [1.82, 2.24) is 4.90 Å². The fourth-order valence-electron chi connectivity index (χ4n) is 6.61. The van der Waals surface area contributed by atoms with Crippen LogP contribution in [0.4, 0.5) is 11.4 Å². The van der Waals surface area contributed by atoms with Crippen LogP contribution in [0.5, 0.6) is 0 Å². The van der Waals surface area contributed by atoms with Crippen LogP contribution in [-0.2, 0) is 0 Å². The molecule has 0 bridgehead atoms. The maximum Gasteiger partial charge on any atom is 0.277 e. The standard InChI is InChI=1S/C38H36N4O4/c43-35-33(29-17-15-27(41-19-7-8-20-41)23-31(29)39-37(45)25-11-3-1-4-12-25)36(44)34(35)30-18-16-28(42-21-9-10-22-42)24-32(30)40-38(46)26-13-5-2-6-14-26/h1-6,11-18,23-24,35,43-44H,7-10,19-22H2,(H,39,45)/b34-30-,40-32?. The van der Waals surface area contributed by atoms with Crippen molar-refractivity contribution < 1.29 is 19.8 Å². The number of allylic oxidation sites excluding steroid dienone is 4. The molecule has 2 amide bonds. The first kappa shape index (κ1) is 29.5. The molecule has 3 N–H and O–H groups in total. The first-order valence-corrected chi connectivity index (χ1v) is 15.9. The van der Waals surface area contributed by atoms with E-state index in [2.05, 4.69) is 20.1 Å². The number of likely N-dealkylation sites (tertiary alicyclic amines) is 1. The Labute approximate surface area is 268 Å². The zero-order chi connectivity index (χ0) is 31.6. The van der Waals surface area contributed by atoms with Gasteiger partial charge < -0.3 is 25.3 Å². The summed E-state index contributed by atoms with van der Waals surface area (Å²) in [6.45, 7) is 3.71. The zero-order valence-corrected chi connectivity index (χ0v) is 25.5. The molecule has 1 atom stereocenters. The number of aliphatic imine (C=N–C) groups is 1. The molecule has 0 spiro atoms. The summed E-state index contributed by atoms with van der Waals surface area (Å²) in [6, 6.07) is 23.5. The van der Waals surface area contributed by atoms with E-state index in [9.17, 15) is 19.8 Å². The molecule has 0 radical (unpaired) electrons. The molecule has 1 unspecified atom stereocenters. The fraction of sp³-hybridized carbons (Fsp3) is 0.237. The number of amides is 2. The second kappa shape index (κ2) is 12.7. The second-order valence-electron chi connectivity index (χ2n) is 12.0. The summed E-state index contributed by atoms with van der Waals surface area (Å²) in [5.41, 5.74) is 5.41. The second-order valence-corrected chi connectivity index (χ2v) is 12.0. The van der Waals surface area contributed by atoms with E-state index in [1.165, 1.54) is 0 Å². The van der Waals surface area contributed by atoms with Crippen molar-refractivity contribution >= 4 is 34.5 Å². The van der Waals surface area contributed by atoms with E-state index in [4.69, 9.17) is 0 Å². The minimum atomic E-state index is -1.16. The number of aliphatic hydroxyl groups is 2. The minimum Gasteiger partial charge on any atom is -0.507 e. The molecular formula is C38H36N4O4. The third-order valence-electron chi connectivity index (χ3n) is 9.09. The maximum absolute atomic E-state index is 13.3. The fourth-order valence-corrected chi connectivity index (χ4v) is 6.61. The third kappa shape index (κ3) is 5.68. The summed E-state index contributed by atoms with van der Waals surface area (Å²) in [7, 11) is 0. The normalized spacial score (nSPS) is 21.9. The molecule has 2 aliphatic carbocycles. The SMILES string of the molecule is O=C(N=C1C=C(N2CCCC2)C=C/C1=C1/C(O)=C(c2ccc(N3CCCC3)cc2NC(=O)c2ccccc2)C1O)c1ccccc1. The summed E-state index contributed by atoms with van der Waals surface area (Å²) >= 11 is 0. The highest BCUT2D eigenvalue weighted by Crippen LogP contribution is 2.46. The largest absolute Gasteiger partial charge is 0.507 e. The number of carbonyl (C=O) groups excluding carboxylic acids is 2. The molecule has 8 heteroatoms. The molecule has 7 rings (SSSR count). The van der Waals surface area contributed by atoms with Crippen molar-refractivity contribution in [3.8, 4) is 0 Å². The van der Waals surface area contributed by atoms with E-state index in [0.29, 0.717) is 44.8 Å². The van der Waals surface area contributed by atoms with Crippen LogP contribution in [0.25, 0.3) is 5.57 Å². The Morgan fingerprint density at radius 1 is 0.761 bits per heavy atom. The van der Waals surface area contributed by atoms with Gasteiger partial charge in [-0.25, -0.2) is 4.99 Å². The number of carbonyl (C=O) groups is 2. The van der Waals surface area contributed by atoms with Gasteiger partial charge in [-0.1, -0.05) is 48.5 Å². The molecule has 0 aromatic heterocycles. The number of nitrogens with one attached hydrogen (secondary N) is 1. The lowest BCUT2D eigenvalue weighted by Crippen LogP contribution is -2.31. The van der Waals surface area contributed by atoms with Crippen LogP contribution in [0.15, 0.2) is 125 Å². The van der Waals surface area contributed by atoms with E-state index in [0.717, 1.165) is 63.2 Å². The molecule has 4 aliphatic rings. The lowest BCUT2D eigenvalue weighted by atomic mass is 9.77. The van der Waals surface area contributed by atoms with Crippen LogP contribution < -0.4 is 10.2 Å². The van der Waals surface area contributed by atoms with Crippen LogP contribution in [0.3, 0.4) is 0 Å². The predicted octanol–water partition coefficient (Wildman–Crippen LogP) is 6.31. The van der Waals surface area contributed by atoms with E-state index in [1.807, 2.05) is 60.7 Å². The Kier molecular flexibility index (Phi) is 8.11. The molecule has 0 saturated carbocycles. The average Bonchev–Trinajstić information content (AvgIpc) is 3.83. The van der Waals surface area contributed by atoms with Crippen molar-refractivity contribution in [2.24, 2.45) is 4.99 Å². The molecule has 232 valence electrons. The third-order valence-corrected chi connectivity index (χ3v) is 9.09. The van der Waals surface area contributed by atoms with Crippen LogP contribution in [0.2, 0.25) is 0 Å². The number of hydrogen-bond acceptors (Lipinski definition) is 6. The lowest BCUT2D eigenvalue weighted by Gasteiger charge is -2.34. The van der Waals surface area contributed by atoms with Gasteiger partial charge in [-0.2, -0.15) is 0 Å². The Balaban J connectivity index is 1.29. The van der Waals surface area contributed by atoms with Gasteiger partial charge in [-0.15, -0.1) is 0 Å².